The number of sulfonamides is 1. The summed E-state index contributed by atoms with van der Waals surface area (Å²) < 4.78 is 27.3. The van der Waals surface area contributed by atoms with Crippen molar-refractivity contribution in [1.82, 2.24) is 9.62 Å². The van der Waals surface area contributed by atoms with Crippen LogP contribution in [0.3, 0.4) is 0 Å². The number of hydrogen-bond donors (Lipinski definition) is 1. The van der Waals surface area contributed by atoms with Crippen LogP contribution in [0, 0.1) is 5.92 Å². The second-order valence-corrected chi connectivity index (χ2v) is 7.76. The highest BCUT2D eigenvalue weighted by Gasteiger charge is 2.20. The molecule has 0 spiro atoms. The number of piperidine rings is 1. The first kappa shape index (κ1) is 16.5. The molecule has 1 aromatic rings. The van der Waals surface area contributed by atoms with Crippen LogP contribution in [0.2, 0.25) is 0 Å². The summed E-state index contributed by atoms with van der Waals surface area (Å²) in [4.78, 5) is 2.66. The summed E-state index contributed by atoms with van der Waals surface area (Å²) in [5.41, 5.74) is 1.19. The van der Waals surface area contributed by atoms with Gasteiger partial charge in [-0.25, -0.2) is 13.1 Å². The molecule has 0 saturated carbocycles. The van der Waals surface area contributed by atoms with E-state index in [1.807, 2.05) is 12.1 Å². The zero-order valence-corrected chi connectivity index (χ0v) is 13.8. The minimum Gasteiger partial charge on any atom is -0.306 e. The van der Waals surface area contributed by atoms with Crippen molar-refractivity contribution in [2.75, 3.05) is 26.7 Å². The fraction of sp³-hybridized carbons (Fsp3) is 0.625. The zero-order chi connectivity index (χ0) is 15.3. The smallest absolute Gasteiger partial charge is 0.240 e. The summed E-state index contributed by atoms with van der Waals surface area (Å²) in [7, 11) is -1.26. The van der Waals surface area contributed by atoms with Crippen LogP contribution >= 0.6 is 0 Å². The minimum atomic E-state index is -3.37. The number of rotatable bonds is 6. The van der Waals surface area contributed by atoms with Crippen molar-refractivity contribution in [1.29, 1.82) is 0 Å². The molecule has 0 aliphatic carbocycles. The summed E-state index contributed by atoms with van der Waals surface area (Å²) in [6.07, 6.45) is 4.19. The highest BCUT2D eigenvalue weighted by atomic mass is 32.2. The molecule has 1 aliphatic rings. The third kappa shape index (κ3) is 4.80. The Kier molecular flexibility index (Phi) is 5.79. The van der Waals surface area contributed by atoms with E-state index in [0.717, 1.165) is 38.8 Å². The van der Waals surface area contributed by atoms with E-state index in [1.165, 1.54) is 5.56 Å². The first-order chi connectivity index (χ1) is 10.0. The topological polar surface area (TPSA) is 49.4 Å². The second kappa shape index (κ2) is 7.38. The third-order valence-electron chi connectivity index (χ3n) is 4.17. The number of benzene rings is 1. The van der Waals surface area contributed by atoms with Crippen LogP contribution in [0.4, 0.5) is 0 Å². The van der Waals surface area contributed by atoms with Crippen LogP contribution in [0.25, 0.3) is 0 Å². The Morgan fingerprint density at radius 3 is 2.38 bits per heavy atom. The first-order valence-electron chi connectivity index (χ1n) is 7.78. The highest BCUT2D eigenvalue weighted by molar-refractivity contribution is 7.89. The zero-order valence-electron chi connectivity index (χ0n) is 13.0. The summed E-state index contributed by atoms with van der Waals surface area (Å²) in [5.74, 6) is 0.454. The van der Waals surface area contributed by atoms with Gasteiger partial charge in [-0.1, -0.05) is 25.5 Å². The quantitative estimate of drug-likeness (QED) is 0.877. The van der Waals surface area contributed by atoms with Gasteiger partial charge in [0.15, 0.2) is 0 Å². The molecular weight excluding hydrogens is 284 g/mol. The summed E-state index contributed by atoms with van der Waals surface area (Å²) >= 11 is 0. The van der Waals surface area contributed by atoms with E-state index in [1.54, 1.807) is 12.1 Å². The molecule has 1 saturated heterocycles. The van der Waals surface area contributed by atoms with Crippen LogP contribution in [-0.2, 0) is 16.4 Å². The molecule has 0 bridgehead atoms. The van der Waals surface area contributed by atoms with Crippen molar-refractivity contribution in [2.24, 2.45) is 5.92 Å². The maximum atomic E-state index is 12.3. The molecule has 0 amide bonds. The predicted molar refractivity (Wildman–Crippen MR) is 85.8 cm³/mol. The van der Waals surface area contributed by atoms with Crippen LogP contribution < -0.4 is 4.72 Å². The second-order valence-electron chi connectivity index (χ2n) is 5.99. The molecule has 0 radical (unpaired) electrons. The fourth-order valence-electron chi connectivity index (χ4n) is 2.70. The van der Waals surface area contributed by atoms with E-state index < -0.39 is 10.0 Å². The van der Waals surface area contributed by atoms with E-state index >= 15 is 0 Å². The van der Waals surface area contributed by atoms with E-state index in [-0.39, 0.29) is 0 Å². The maximum absolute atomic E-state index is 12.3. The molecule has 0 unspecified atom stereocenters. The number of hydrogen-bond acceptors (Lipinski definition) is 3. The van der Waals surface area contributed by atoms with Gasteiger partial charge in [-0.15, -0.1) is 0 Å². The molecule has 2 rings (SSSR count). The van der Waals surface area contributed by atoms with Gasteiger partial charge in [-0.3, -0.25) is 0 Å². The molecule has 1 heterocycles. The van der Waals surface area contributed by atoms with Crippen molar-refractivity contribution in [3.05, 3.63) is 29.8 Å². The molecule has 4 nitrogen and oxygen atoms in total. The van der Waals surface area contributed by atoms with Crippen molar-refractivity contribution in [2.45, 2.75) is 37.5 Å². The monoisotopic (exact) mass is 310 g/mol. The Bertz CT molecular complexity index is 532. The minimum absolute atomic E-state index is 0.371. The Morgan fingerprint density at radius 1 is 1.19 bits per heavy atom. The SMILES string of the molecule is CCCc1ccc(S(=O)(=O)NCC2CCN(C)CC2)cc1. The van der Waals surface area contributed by atoms with Crippen LogP contribution in [0.15, 0.2) is 29.2 Å². The standard InChI is InChI=1S/C16H26N2O2S/c1-3-4-14-5-7-16(8-6-14)21(19,20)17-13-15-9-11-18(2)12-10-15/h5-8,15,17H,3-4,9-13H2,1-2H3. The summed E-state index contributed by atoms with van der Waals surface area (Å²) in [5, 5.41) is 0. The number of nitrogens with one attached hydrogen (secondary N) is 1. The third-order valence-corrected chi connectivity index (χ3v) is 5.61. The van der Waals surface area contributed by atoms with Gasteiger partial charge in [0.2, 0.25) is 10.0 Å². The average Bonchev–Trinajstić information content (AvgIpc) is 2.48. The van der Waals surface area contributed by atoms with Crippen molar-refractivity contribution in [3.8, 4) is 0 Å². The molecule has 0 atom stereocenters. The Morgan fingerprint density at radius 2 is 1.81 bits per heavy atom. The molecule has 0 aromatic heterocycles. The molecule has 1 aromatic carbocycles. The summed E-state index contributed by atoms with van der Waals surface area (Å²) in [6.45, 7) is 4.77. The fourth-order valence-corrected chi connectivity index (χ4v) is 3.82. The first-order valence-corrected chi connectivity index (χ1v) is 9.26. The molecule has 21 heavy (non-hydrogen) atoms. The van der Waals surface area contributed by atoms with Gasteiger partial charge in [0.05, 0.1) is 4.90 Å². The lowest BCUT2D eigenvalue weighted by molar-refractivity contribution is 0.220. The van der Waals surface area contributed by atoms with E-state index in [0.29, 0.717) is 17.4 Å². The molecular formula is C16H26N2O2S. The number of aryl methyl sites for hydroxylation is 1. The summed E-state index contributed by atoms with van der Waals surface area (Å²) in [6, 6.07) is 7.24. The Hall–Kier alpha value is -0.910. The van der Waals surface area contributed by atoms with Crippen molar-refractivity contribution < 1.29 is 8.42 Å². The van der Waals surface area contributed by atoms with Crippen LogP contribution in [0.1, 0.15) is 31.7 Å². The van der Waals surface area contributed by atoms with E-state index in [9.17, 15) is 8.42 Å². The van der Waals surface area contributed by atoms with E-state index in [2.05, 4.69) is 23.6 Å². The van der Waals surface area contributed by atoms with Gasteiger partial charge < -0.3 is 4.90 Å². The van der Waals surface area contributed by atoms with Gasteiger partial charge in [-0.05, 0) is 63.0 Å². The molecule has 1 fully saturated rings. The lowest BCUT2D eigenvalue weighted by atomic mass is 9.98. The predicted octanol–water partition coefficient (Wildman–Crippen LogP) is 2.26. The molecule has 1 N–H and O–H groups in total. The van der Waals surface area contributed by atoms with Crippen molar-refractivity contribution in [3.63, 3.8) is 0 Å². The lowest BCUT2D eigenvalue weighted by Gasteiger charge is -2.28. The van der Waals surface area contributed by atoms with Crippen molar-refractivity contribution >= 4 is 10.0 Å². The molecule has 5 heteroatoms. The van der Waals surface area contributed by atoms with Gasteiger partial charge in [-0.2, -0.15) is 0 Å². The molecule has 118 valence electrons. The number of nitrogens with zero attached hydrogens (tertiary/aromatic N) is 1. The molecule has 1 aliphatic heterocycles. The van der Waals surface area contributed by atoms with Gasteiger partial charge in [0, 0.05) is 6.54 Å². The highest BCUT2D eigenvalue weighted by Crippen LogP contribution is 2.17. The normalized spacial score (nSPS) is 18.0. The average molecular weight is 310 g/mol. The van der Waals surface area contributed by atoms with Crippen LogP contribution in [0.5, 0.6) is 0 Å². The maximum Gasteiger partial charge on any atom is 0.240 e. The van der Waals surface area contributed by atoms with Gasteiger partial charge >= 0.3 is 0 Å². The lowest BCUT2D eigenvalue weighted by Crippen LogP contribution is -2.36. The Labute approximate surface area is 128 Å². The van der Waals surface area contributed by atoms with Gasteiger partial charge in [0.1, 0.15) is 0 Å². The Balaban J connectivity index is 1.91. The van der Waals surface area contributed by atoms with Gasteiger partial charge in [0.25, 0.3) is 0 Å². The largest absolute Gasteiger partial charge is 0.306 e. The van der Waals surface area contributed by atoms with E-state index in [4.69, 9.17) is 0 Å². The van der Waals surface area contributed by atoms with Crippen LogP contribution in [-0.4, -0.2) is 40.0 Å². The number of likely N-dealkylation sites (tertiary alicyclic amines) is 1.